The molecule has 1 fully saturated rings. The molecule has 20 heavy (non-hydrogen) atoms. The maximum atomic E-state index is 4.06. The molecule has 3 nitrogen and oxygen atoms in total. The van der Waals surface area contributed by atoms with Crippen molar-refractivity contribution in [2.24, 2.45) is 5.92 Å². The molecule has 2 atom stereocenters. The van der Waals surface area contributed by atoms with Gasteiger partial charge in [-0.2, -0.15) is 0 Å². The smallest absolute Gasteiger partial charge is 0.0924 e. The molecule has 106 valence electrons. The molecule has 0 saturated heterocycles. The van der Waals surface area contributed by atoms with Crippen LogP contribution in [0, 0.1) is 5.92 Å². The predicted molar refractivity (Wildman–Crippen MR) is 83.7 cm³/mol. The first-order valence-electron chi connectivity index (χ1n) is 7.66. The maximum Gasteiger partial charge on any atom is 0.0924 e. The molecule has 0 bridgehead atoms. The van der Waals surface area contributed by atoms with Gasteiger partial charge in [-0.1, -0.05) is 31.9 Å². The molecule has 3 heteroatoms. The number of hydrogen-bond donors (Lipinski definition) is 2. The minimum atomic E-state index is 0.637. The van der Waals surface area contributed by atoms with Gasteiger partial charge in [0.05, 0.1) is 18.2 Å². The predicted octanol–water partition coefficient (Wildman–Crippen LogP) is 4.46. The quantitative estimate of drug-likeness (QED) is 0.808. The third-order valence-corrected chi connectivity index (χ3v) is 4.32. The van der Waals surface area contributed by atoms with Crippen LogP contribution in [-0.2, 0) is 0 Å². The number of nitrogens with one attached hydrogen (secondary N) is 2. The Hall–Kier alpha value is -1.77. The summed E-state index contributed by atoms with van der Waals surface area (Å²) in [5.41, 5.74) is 3.48. The number of hydrogen-bond acceptors (Lipinski definition) is 2. The Morgan fingerprint density at radius 1 is 1.10 bits per heavy atom. The summed E-state index contributed by atoms with van der Waals surface area (Å²) >= 11 is 0. The lowest BCUT2D eigenvalue weighted by molar-refractivity contribution is 0.502. The van der Waals surface area contributed by atoms with E-state index in [1.807, 2.05) is 6.20 Å². The van der Waals surface area contributed by atoms with E-state index in [1.165, 1.54) is 43.4 Å². The summed E-state index contributed by atoms with van der Waals surface area (Å²) < 4.78 is 0. The number of benzene rings is 1. The minimum absolute atomic E-state index is 0.637. The normalized spacial score (nSPS) is 23.2. The minimum Gasteiger partial charge on any atom is -0.382 e. The van der Waals surface area contributed by atoms with E-state index in [0.717, 1.165) is 11.6 Å². The Morgan fingerprint density at radius 2 is 1.95 bits per heavy atom. The molecule has 1 aliphatic rings. The van der Waals surface area contributed by atoms with Crippen molar-refractivity contribution in [2.75, 3.05) is 5.32 Å². The van der Waals surface area contributed by atoms with E-state index >= 15 is 0 Å². The Morgan fingerprint density at radius 3 is 2.70 bits per heavy atom. The van der Waals surface area contributed by atoms with Gasteiger partial charge in [0.2, 0.25) is 0 Å². The molecule has 0 spiro atoms. The fourth-order valence-corrected chi connectivity index (χ4v) is 3.03. The molecule has 1 heterocycles. The van der Waals surface area contributed by atoms with Crippen LogP contribution in [0.5, 0.6) is 0 Å². The summed E-state index contributed by atoms with van der Waals surface area (Å²) in [6.45, 7) is 2.38. The Labute approximate surface area is 120 Å². The van der Waals surface area contributed by atoms with Gasteiger partial charge in [-0.25, -0.2) is 4.98 Å². The topological polar surface area (TPSA) is 40.7 Å². The van der Waals surface area contributed by atoms with Crippen molar-refractivity contribution in [3.63, 3.8) is 0 Å². The zero-order valence-corrected chi connectivity index (χ0v) is 12.1. The number of aromatic nitrogens is 2. The molecular weight excluding hydrogens is 246 g/mol. The number of H-pyrrole nitrogens is 1. The van der Waals surface area contributed by atoms with Gasteiger partial charge in [0.1, 0.15) is 0 Å². The lowest BCUT2D eigenvalue weighted by Crippen LogP contribution is -2.18. The van der Waals surface area contributed by atoms with Crippen LogP contribution < -0.4 is 5.32 Å². The van der Waals surface area contributed by atoms with Gasteiger partial charge in [-0.3, -0.25) is 0 Å². The Balaban J connectivity index is 1.63. The van der Waals surface area contributed by atoms with Crippen LogP contribution in [0.3, 0.4) is 0 Å². The average molecular weight is 269 g/mol. The van der Waals surface area contributed by atoms with Crippen LogP contribution in [0.25, 0.3) is 11.3 Å². The number of aromatic amines is 1. The van der Waals surface area contributed by atoms with Crippen LogP contribution in [0.15, 0.2) is 36.8 Å². The zero-order valence-electron chi connectivity index (χ0n) is 12.1. The number of rotatable bonds is 3. The van der Waals surface area contributed by atoms with E-state index < -0.39 is 0 Å². The largest absolute Gasteiger partial charge is 0.382 e. The number of anilines is 1. The lowest BCUT2D eigenvalue weighted by atomic mass is 10.0. The van der Waals surface area contributed by atoms with E-state index in [-0.39, 0.29) is 0 Å². The first kappa shape index (κ1) is 13.2. The molecule has 2 N–H and O–H groups in total. The highest BCUT2D eigenvalue weighted by Gasteiger charge is 2.15. The highest BCUT2D eigenvalue weighted by Crippen LogP contribution is 2.26. The molecule has 1 saturated carbocycles. The van der Waals surface area contributed by atoms with E-state index in [1.54, 1.807) is 6.33 Å². The van der Waals surface area contributed by atoms with Crippen molar-refractivity contribution in [1.29, 1.82) is 0 Å². The van der Waals surface area contributed by atoms with Crippen molar-refractivity contribution in [1.82, 2.24) is 9.97 Å². The average Bonchev–Trinajstić information content (AvgIpc) is 2.92. The van der Waals surface area contributed by atoms with Gasteiger partial charge in [0.25, 0.3) is 0 Å². The summed E-state index contributed by atoms with van der Waals surface area (Å²) in [5.74, 6) is 0.893. The van der Waals surface area contributed by atoms with Gasteiger partial charge < -0.3 is 10.3 Å². The van der Waals surface area contributed by atoms with Crippen LogP contribution in [0.4, 0.5) is 5.69 Å². The van der Waals surface area contributed by atoms with Crippen molar-refractivity contribution < 1.29 is 0 Å². The molecule has 0 amide bonds. The van der Waals surface area contributed by atoms with Gasteiger partial charge in [-0.15, -0.1) is 0 Å². The van der Waals surface area contributed by atoms with Crippen LogP contribution in [0.2, 0.25) is 0 Å². The van der Waals surface area contributed by atoms with E-state index in [9.17, 15) is 0 Å². The summed E-state index contributed by atoms with van der Waals surface area (Å²) in [5, 5.41) is 3.69. The monoisotopic (exact) mass is 269 g/mol. The maximum absolute atomic E-state index is 4.06. The molecule has 0 aliphatic heterocycles. The number of imidazole rings is 1. The summed E-state index contributed by atoms with van der Waals surface area (Å²) in [6.07, 6.45) is 10.3. The molecule has 0 radical (unpaired) electrons. The van der Waals surface area contributed by atoms with Crippen molar-refractivity contribution in [2.45, 2.75) is 45.1 Å². The van der Waals surface area contributed by atoms with Crippen LogP contribution >= 0.6 is 0 Å². The van der Waals surface area contributed by atoms with E-state index in [0.29, 0.717) is 6.04 Å². The van der Waals surface area contributed by atoms with Crippen molar-refractivity contribution in [3.05, 3.63) is 36.8 Å². The summed E-state index contributed by atoms with van der Waals surface area (Å²) in [7, 11) is 0. The first-order valence-corrected chi connectivity index (χ1v) is 7.66. The van der Waals surface area contributed by atoms with Gasteiger partial charge in [0.15, 0.2) is 0 Å². The Bertz CT molecular complexity index is 516. The first-order chi connectivity index (χ1) is 9.81. The van der Waals surface area contributed by atoms with Crippen molar-refractivity contribution >= 4 is 5.69 Å². The highest BCUT2D eigenvalue weighted by molar-refractivity contribution is 5.62. The number of nitrogens with zero attached hydrogens (tertiary/aromatic N) is 1. The van der Waals surface area contributed by atoms with Crippen LogP contribution in [-0.4, -0.2) is 16.0 Å². The molecule has 1 aromatic carbocycles. The second kappa shape index (κ2) is 6.12. The molecular formula is C17H23N3. The third-order valence-electron chi connectivity index (χ3n) is 4.32. The SMILES string of the molecule is CC1CCCC(Nc2ccc(-c3cnc[nH]3)cc2)CC1. The molecule has 3 rings (SSSR count). The van der Waals surface area contributed by atoms with Gasteiger partial charge in [-0.05, 0) is 42.9 Å². The van der Waals surface area contributed by atoms with Crippen LogP contribution in [0.1, 0.15) is 39.0 Å². The second-order valence-corrected chi connectivity index (χ2v) is 6.00. The highest BCUT2D eigenvalue weighted by atomic mass is 14.9. The molecule has 2 aromatic rings. The fraction of sp³-hybridized carbons (Fsp3) is 0.471. The third kappa shape index (κ3) is 3.21. The van der Waals surface area contributed by atoms with Crippen molar-refractivity contribution in [3.8, 4) is 11.3 Å². The second-order valence-electron chi connectivity index (χ2n) is 6.00. The summed E-state index contributed by atoms with van der Waals surface area (Å²) in [4.78, 5) is 7.20. The molecule has 2 unspecified atom stereocenters. The zero-order chi connectivity index (χ0) is 13.8. The lowest BCUT2D eigenvalue weighted by Gasteiger charge is -2.18. The van der Waals surface area contributed by atoms with Gasteiger partial charge >= 0.3 is 0 Å². The summed E-state index contributed by atoms with van der Waals surface area (Å²) in [6, 6.07) is 9.28. The standard InChI is InChI=1S/C17H23N3/c1-13-3-2-4-15(8-5-13)20-16-9-6-14(7-10-16)17-11-18-12-19-17/h6-7,9-13,15,20H,2-5,8H2,1H3,(H,18,19). The van der Waals surface area contributed by atoms with Gasteiger partial charge in [0, 0.05) is 11.7 Å². The van der Waals surface area contributed by atoms with E-state index in [2.05, 4.69) is 46.5 Å². The molecule has 1 aromatic heterocycles. The Kier molecular flexibility index (Phi) is 4.05. The molecule has 1 aliphatic carbocycles. The fourth-order valence-electron chi connectivity index (χ4n) is 3.03. The van der Waals surface area contributed by atoms with E-state index in [4.69, 9.17) is 0 Å².